The van der Waals surface area contributed by atoms with Crippen LogP contribution in [0.2, 0.25) is 0 Å². The van der Waals surface area contributed by atoms with E-state index in [-0.39, 0.29) is 5.92 Å². The third kappa shape index (κ3) is 4.76. The molecule has 0 aliphatic rings. The Hall–Kier alpha value is -2.30. The van der Waals surface area contributed by atoms with E-state index in [0.29, 0.717) is 0 Å². The number of benzene rings is 1. The van der Waals surface area contributed by atoms with Gasteiger partial charge in [0.1, 0.15) is 11.8 Å². The average molecular weight is 277 g/mol. The molecule has 0 saturated heterocycles. The number of hydrogen-bond acceptors (Lipinski definition) is 3. The van der Waals surface area contributed by atoms with Crippen LogP contribution in [0.3, 0.4) is 0 Å². The number of methoxy groups -OCH3 is 1. The van der Waals surface area contributed by atoms with E-state index in [4.69, 9.17) is 9.84 Å². The van der Waals surface area contributed by atoms with Gasteiger partial charge in [0.05, 0.1) is 7.11 Å². The van der Waals surface area contributed by atoms with Gasteiger partial charge in [-0.05, 0) is 29.7 Å². The van der Waals surface area contributed by atoms with Crippen LogP contribution in [0.15, 0.2) is 30.3 Å². The van der Waals surface area contributed by atoms with Crippen LogP contribution in [-0.4, -0.2) is 30.1 Å². The largest absolute Gasteiger partial charge is 0.497 e. The van der Waals surface area contributed by atoms with Gasteiger partial charge in [-0.2, -0.15) is 0 Å². The lowest BCUT2D eigenvalue weighted by molar-refractivity contribution is -0.142. The maximum atomic E-state index is 11.7. The third-order valence-corrected chi connectivity index (χ3v) is 2.77. The summed E-state index contributed by atoms with van der Waals surface area (Å²) in [4.78, 5) is 22.6. The zero-order valence-electron chi connectivity index (χ0n) is 11.8. The maximum Gasteiger partial charge on any atom is 0.326 e. The summed E-state index contributed by atoms with van der Waals surface area (Å²) >= 11 is 0. The molecule has 0 aliphatic carbocycles. The second-order valence-electron chi connectivity index (χ2n) is 4.68. The van der Waals surface area contributed by atoms with Gasteiger partial charge in [0, 0.05) is 6.08 Å². The lowest BCUT2D eigenvalue weighted by Gasteiger charge is -2.16. The van der Waals surface area contributed by atoms with Gasteiger partial charge in [0.15, 0.2) is 0 Å². The van der Waals surface area contributed by atoms with Crippen molar-refractivity contribution in [2.45, 2.75) is 19.9 Å². The Balaban J connectivity index is 2.64. The molecule has 0 spiro atoms. The molecule has 1 aromatic rings. The number of carboxylic acid groups (broad SMARTS) is 1. The Morgan fingerprint density at radius 1 is 1.25 bits per heavy atom. The normalized spacial score (nSPS) is 12.4. The number of rotatable bonds is 6. The molecule has 0 aliphatic heterocycles. The second-order valence-corrected chi connectivity index (χ2v) is 4.68. The first-order valence-corrected chi connectivity index (χ1v) is 6.29. The van der Waals surface area contributed by atoms with E-state index in [9.17, 15) is 9.59 Å². The monoisotopic (exact) mass is 277 g/mol. The van der Waals surface area contributed by atoms with Crippen molar-refractivity contribution in [3.63, 3.8) is 0 Å². The molecule has 20 heavy (non-hydrogen) atoms. The zero-order valence-corrected chi connectivity index (χ0v) is 11.8. The molecule has 0 fully saturated rings. The number of carboxylic acids is 1. The molecule has 0 unspecified atom stereocenters. The van der Waals surface area contributed by atoms with Crippen LogP contribution in [0.25, 0.3) is 6.08 Å². The van der Waals surface area contributed by atoms with E-state index < -0.39 is 17.9 Å². The molecule has 0 aromatic heterocycles. The van der Waals surface area contributed by atoms with Gasteiger partial charge in [0.25, 0.3) is 0 Å². The summed E-state index contributed by atoms with van der Waals surface area (Å²) in [6.45, 7) is 3.48. The van der Waals surface area contributed by atoms with Crippen molar-refractivity contribution in [2.24, 2.45) is 5.92 Å². The molecule has 1 amide bonds. The van der Waals surface area contributed by atoms with E-state index in [2.05, 4.69) is 5.32 Å². The summed E-state index contributed by atoms with van der Waals surface area (Å²) in [6, 6.07) is 6.29. The fraction of sp³-hybridized carbons (Fsp3) is 0.333. The Kier molecular flexibility index (Phi) is 5.77. The highest BCUT2D eigenvalue weighted by Gasteiger charge is 2.22. The van der Waals surface area contributed by atoms with Crippen molar-refractivity contribution in [2.75, 3.05) is 7.11 Å². The lowest BCUT2D eigenvalue weighted by Crippen LogP contribution is -2.43. The molecule has 0 saturated carbocycles. The molecular weight excluding hydrogens is 258 g/mol. The Morgan fingerprint density at radius 2 is 1.85 bits per heavy atom. The fourth-order valence-electron chi connectivity index (χ4n) is 1.60. The van der Waals surface area contributed by atoms with Crippen molar-refractivity contribution in [1.29, 1.82) is 0 Å². The smallest absolute Gasteiger partial charge is 0.326 e. The van der Waals surface area contributed by atoms with Crippen molar-refractivity contribution in [1.82, 2.24) is 5.32 Å². The number of carbonyl (C=O) groups is 2. The minimum atomic E-state index is -1.04. The highest BCUT2D eigenvalue weighted by atomic mass is 16.5. The van der Waals surface area contributed by atoms with E-state index >= 15 is 0 Å². The highest BCUT2D eigenvalue weighted by molar-refractivity contribution is 5.94. The summed E-state index contributed by atoms with van der Waals surface area (Å²) < 4.78 is 5.03. The van der Waals surface area contributed by atoms with Crippen LogP contribution >= 0.6 is 0 Å². The molecule has 0 bridgehead atoms. The van der Waals surface area contributed by atoms with Gasteiger partial charge in [-0.1, -0.05) is 26.0 Å². The molecular formula is C15H19NO4. The average Bonchev–Trinajstić information content (AvgIpc) is 2.42. The summed E-state index contributed by atoms with van der Waals surface area (Å²) in [5.74, 6) is -0.906. The molecule has 1 aromatic carbocycles. The number of ether oxygens (including phenoxy) is 1. The van der Waals surface area contributed by atoms with Crippen LogP contribution in [-0.2, 0) is 9.59 Å². The highest BCUT2D eigenvalue weighted by Crippen LogP contribution is 2.12. The van der Waals surface area contributed by atoms with E-state index in [1.54, 1.807) is 51.3 Å². The minimum absolute atomic E-state index is 0.175. The molecule has 1 rings (SSSR count). The molecule has 0 heterocycles. The van der Waals surface area contributed by atoms with Gasteiger partial charge in [-0.15, -0.1) is 0 Å². The number of amides is 1. The number of hydrogen-bond donors (Lipinski definition) is 2. The SMILES string of the molecule is COc1ccc(C=CC(=O)N[C@@H](C(=O)O)C(C)C)cc1. The predicted molar refractivity (Wildman–Crippen MR) is 76.4 cm³/mol. The second kappa shape index (κ2) is 7.33. The molecule has 108 valence electrons. The van der Waals surface area contributed by atoms with E-state index in [1.165, 1.54) is 6.08 Å². The lowest BCUT2D eigenvalue weighted by atomic mass is 10.0. The standard InChI is InChI=1S/C15H19NO4/c1-10(2)14(15(18)19)16-13(17)9-6-11-4-7-12(20-3)8-5-11/h4-10,14H,1-3H3,(H,16,17)(H,18,19)/t14-/m1/s1. The van der Waals surface area contributed by atoms with Gasteiger partial charge in [-0.3, -0.25) is 4.79 Å². The number of carbonyl (C=O) groups excluding carboxylic acids is 1. The van der Waals surface area contributed by atoms with Crippen LogP contribution in [0.5, 0.6) is 5.75 Å². The van der Waals surface area contributed by atoms with Crippen molar-refractivity contribution in [3.05, 3.63) is 35.9 Å². The first-order valence-electron chi connectivity index (χ1n) is 6.29. The Labute approximate surface area is 118 Å². The number of nitrogens with one attached hydrogen (secondary N) is 1. The Morgan fingerprint density at radius 3 is 2.30 bits per heavy atom. The predicted octanol–water partition coefficient (Wildman–Crippen LogP) is 1.93. The summed E-state index contributed by atoms with van der Waals surface area (Å²) in [7, 11) is 1.58. The zero-order chi connectivity index (χ0) is 15.1. The molecule has 5 nitrogen and oxygen atoms in total. The third-order valence-electron chi connectivity index (χ3n) is 2.77. The van der Waals surface area contributed by atoms with Crippen LogP contribution in [0.1, 0.15) is 19.4 Å². The quantitative estimate of drug-likeness (QED) is 0.779. The van der Waals surface area contributed by atoms with Gasteiger partial charge < -0.3 is 15.2 Å². The topological polar surface area (TPSA) is 75.6 Å². The maximum absolute atomic E-state index is 11.7. The van der Waals surface area contributed by atoms with Crippen molar-refractivity contribution in [3.8, 4) is 5.75 Å². The molecule has 5 heteroatoms. The first-order chi connectivity index (χ1) is 9.43. The minimum Gasteiger partial charge on any atom is -0.497 e. The number of aliphatic carboxylic acids is 1. The van der Waals surface area contributed by atoms with Gasteiger partial charge >= 0.3 is 5.97 Å². The molecule has 0 radical (unpaired) electrons. The summed E-state index contributed by atoms with van der Waals surface area (Å²) in [5, 5.41) is 11.4. The van der Waals surface area contributed by atoms with E-state index in [0.717, 1.165) is 11.3 Å². The Bertz CT molecular complexity index is 491. The van der Waals surface area contributed by atoms with Crippen molar-refractivity contribution >= 4 is 18.0 Å². The van der Waals surface area contributed by atoms with Crippen LogP contribution in [0, 0.1) is 5.92 Å². The molecule has 2 N–H and O–H groups in total. The van der Waals surface area contributed by atoms with Crippen LogP contribution < -0.4 is 10.1 Å². The first kappa shape index (κ1) is 15.8. The summed E-state index contributed by atoms with van der Waals surface area (Å²) in [5.41, 5.74) is 0.831. The molecule has 1 atom stereocenters. The summed E-state index contributed by atoms with van der Waals surface area (Å²) in [6.07, 6.45) is 2.94. The van der Waals surface area contributed by atoms with Gasteiger partial charge in [-0.25, -0.2) is 4.79 Å². The van der Waals surface area contributed by atoms with Gasteiger partial charge in [0.2, 0.25) is 5.91 Å². The van der Waals surface area contributed by atoms with Crippen LogP contribution in [0.4, 0.5) is 0 Å². The van der Waals surface area contributed by atoms with Crippen molar-refractivity contribution < 1.29 is 19.4 Å². The van der Waals surface area contributed by atoms with E-state index in [1.807, 2.05) is 0 Å². The fourth-order valence-corrected chi connectivity index (χ4v) is 1.60.